The van der Waals surface area contributed by atoms with Crippen LogP contribution < -0.4 is 5.32 Å². The summed E-state index contributed by atoms with van der Waals surface area (Å²) in [6.07, 6.45) is 2.59. The lowest BCUT2D eigenvalue weighted by atomic mass is 9.95. The highest BCUT2D eigenvalue weighted by atomic mass is 35.5. The number of halogens is 3. The van der Waals surface area contributed by atoms with Crippen molar-refractivity contribution in [3.63, 3.8) is 0 Å². The van der Waals surface area contributed by atoms with Gasteiger partial charge in [-0.05, 0) is 42.9 Å². The van der Waals surface area contributed by atoms with E-state index in [1.54, 1.807) is 6.07 Å². The van der Waals surface area contributed by atoms with Gasteiger partial charge in [0.1, 0.15) is 5.82 Å². The van der Waals surface area contributed by atoms with Gasteiger partial charge in [0, 0.05) is 32.2 Å². The van der Waals surface area contributed by atoms with Crippen molar-refractivity contribution in [3.05, 3.63) is 35.1 Å². The summed E-state index contributed by atoms with van der Waals surface area (Å²) in [6, 6.07) is 5.97. The minimum atomic E-state index is -0.0618. The largest absolute Gasteiger partial charge is 0.314 e. The van der Waals surface area contributed by atoms with E-state index >= 15 is 0 Å². The molecule has 2 nitrogen and oxygen atoms in total. The first kappa shape index (κ1) is 17.7. The molecule has 0 radical (unpaired) electrons. The Morgan fingerprint density at radius 3 is 2.45 bits per heavy atom. The summed E-state index contributed by atoms with van der Waals surface area (Å²) in [4.78, 5) is 2.54. The van der Waals surface area contributed by atoms with Gasteiger partial charge in [-0.2, -0.15) is 0 Å². The predicted octanol–water partition coefficient (Wildman–Crippen LogP) is 3.33. The lowest BCUT2D eigenvalue weighted by Crippen LogP contribution is -2.45. The summed E-state index contributed by atoms with van der Waals surface area (Å²) in [5.41, 5.74) is 2.05. The predicted molar refractivity (Wildman–Crippen MR) is 85.5 cm³/mol. The molecule has 1 aliphatic carbocycles. The number of nitrogens with zero attached hydrogens (tertiary/aromatic N) is 1. The van der Waals surface area contributed by atoms with Gasteiger partial charge in [0.05, 0.1) is 0 Å². The van der Waals surface area contributed by atoms with Crippen LogP contribution >= 0.6 is 24.8 Å². The third-order valence-corrected chi connectivity index (χ3v) is 4.24. The Kier molecular flexibility index (Phi) is 6.73. The summed E-state index contributed by atoms with van der Waals surface area (Å²) in [5.74, 6) is 0.678. The van der Waals surface area contributed by atoms with E-state index in [-0.39, 0.29) is 30.6 Å². The fourth-order valence-corrected chi connectivity index (χ4v) is 3.07. The van der Waals surface area contributed by atoms with E-state index in [1.807, 2.05) is 13.0 Å². The van der Waals surface area contributed by atoms with Gasteiger partial charge in [0.25, 0.3) is 0 Å². The zero-order valence-corrected chi connectivity index (χ0v) is 13.4. The van der Waals surface area contributed by atoms with Gasteiger partial charge in [0.2, 0.25) is 0 Å². The van der Waals surface area contributed by atoms with Crippen LogP contribution in [0.5, 0.6) is 0 Å². The highest BCUT2D eigenvalue weighted by Gasteiger charge is 2.37. The van der Waals surface area contributed by atoms with Gasteiger partial charge in [-0.15, -0.1) is 24.8 Å². The van der Waals surface area contributed by atoms with Gasteiger partial charge in [-0.1, -0.05) is 12.1 Å². The summed E-state index contributed by atoms with van der Waals surface area (Å²) in [5, 5.41) is 3.39. The molecule has 1 saturated heterocycles. The maximum absolute atomic E-state index is 13.8. The molecule has 1 aromatic rings. The van der Waals surface area contributed by atoms with Crippen molar-refractivity contribution in [1.82, 2.24) is 10.2 Å². The van der Waals surface area contributed by atoms with Crippen LogP contribution in [0.1, 0.15) is 30.0 Å². The molecule has 3 rings (SSSR count). The van der Waals surface area contributed by atoms with Crippen LogP contribution in [0, 0.1) is 18.7 Å². The molecule has 114 valence electrons. The average Bonchev–Trinajstić information content (AvgIpc) is 3.21. The first-order valence-electron chi connectivity index (χ1n) is 6.97. The smallest absolute Gasteiger partial charge is 0.126 e. The first-order chi connectivity index (χ1) is 8.77. The second-order valence-corrected chi connectivity index (χ2v) is 5.52. The van der Waals surface area contributed by atoms with Crippen LogP contribution in [0.4, 0.5) is 4.39 Å². The molecule has 1 heterocycles. The Bertz CT molecular complexity index is 432. The number of hydrogen-bond donors (Lipinski definition) is 1. The van der Waals surface area contributed by atoms with Crippen molar-refractivity contribution < 1.29 is 4.39 Å². The topological polar surface area (TPSA) is 15.3 Å². The van der Waals surface area contributed by atoms with Gasteiger partial charge in [-0.3, -0.25) is 4.90 Å². The normalized spacial score (nSPS) is 20.7. The SMILES string of the molecule is Cc1c(F)cccc1[C@@H](C1CC1)N1CCNCC1.Cl.Cl. The minimum Gasteiger partial charge on any atom is -0.314 e. The van der Waals surface area contributed by atoms with Gasteiger partial charge in [-0.25, -0.2) is 4.39 Å². The van der Waals surface area contributed by atoms with Crippen molar-refractivity contribution in [1.29, 1.82) is 0 Å². The monoisotopic (exact) mass is 320 g/mol. The van der Waals surface area contributed by atoms with Crippen molar-refractivity contribution in [2.75, 3.05) is 26.2 Å². The average molecular weight is 321 g/mol. The Hall–Kier alpha value is -0.350. The number of hydrogen-bond acceptors (Lipinski definition) is 2. The highest BCUT2D eigenvalue weighted by molar-refractivity contribution is 5.85. The second-order valence-electron chi connectivity index (χ2n) is 5.52. The quantitative estimate of drug-likeness (QED) is 0.919. The molecule has 1 atom stereocenters. The second kappa shape index (κ2) is 7.60. The molecule has 2 aliphatic rings. The Balaban J connectivity index is 0.000001000. The van der Waals surface area contributed by atoms with Gasteiger partial charge in [0.15, 0.2) is 0 Å². The molecule has 0 aromatic heterocycles. The summed E-state index contributed by atoms with van der Waals surface area (Å²) < 4.78 is 13.8. The van der Waals surface area contributed by atoms with Crippen molar-refractivity contribution >= 4 is 24.8 Å². The zero-order chi connectivity index (χ0) is 12.5. The maximum atomic E-state index is 13.8. The van der Waals surface area contributed by atoms with E-state index in [4.69, 9.17) is 0 Å². The maximum Gasteiger partial charge on any atom is 0.126 e. The van der Waals surface area contributed by atoms with Crippen LogP contribution in [-0.2, 0) is 0 Å². The molecule has 1 saturated carbocycles. The molecule has 0 amide bonds. The van der Waals surface area contributed by atoms with E-state index < -0.39 is 0 Å². The third kappa shape index (κ3) is 3.64. The third-order valence-electron chi connectivity index (χ3n) is 4.24. The van der Waals surface area contributed by atoms with Crippen molar-refractivity contribution in [2.24, 2.45) is 5.92 Å². The fourth-order valence-electron chi connectivity index (χ4n) is 3.07. The lowest BCUT2D eigenvalue weighted by Gasteiger charge is -2.36. The molecular formula is C15H23Cl2FN2. The zero-order valence-electron chi connectivity index (χ0n) is 11.8. The fraction of sp³-hybridized carbons (Fsp3) is 0.600. The van der Waals surface area contributed by atoms with E-state index in [1.165, 1.54) is 18.4 Å². The summed E-state index contributed by atoms with van der Waals surface area (Å²) >= 11 is 0. The molecule has 0 spiro atoms. The highest BCUT2D eigenvalue weighted by Crippen LogP contribution is 2.45. The number of rotatable bonds is 3. The molecule has 0 bridgehead atoms. The summed E-state index contributed by atoms with van der Waals surface area (Å²) in [6.45, 7) is 6.19. The van der Waals surface area contributed by atoms with Crippen molar-refractivity contribution in [2.45, 2.75) is 25.8 Å². The van der Waals surface area contributed by atoms with Crippen LogP contribution in [0.2, 0.25) is 0 Å². The van der Waals surface area contributed by atoms with E-state index in [2.05, 4.69) is 16.3 Å². The molecule has 2 fully saturated rings. The number of piperazine rings is 1. The van der Waals surface area contributed by atoms with Gasteiger partial charge < -0.3 is 5.32 Å². The molecule has 1 N–H and O–H groups in total. The van der Waals surface area contributed by atoms with Crippen molar-refractivity contribution in [3.8, 4) is 0 Å². The van der Waals surface area contributed by atoms with Crippen LogP contribution in [0.15, 0.2) is 18.2 Å². The Labute approximate surface area is 132 Å². The van der Waals surface area contributed by atoms with Crippen LogP contribution in [0.3, 0.4) is 0 Å². The molecule has 1 aliphatic heterocycles. The van der Waals surface area contributed by atoms with E-state index in [0.717, 1.165) is 37.7 Å². The lowest BCUT2D eigenvalue weighted by molar-refractivity contribution is 0.155. The Morgan fingerprint density at radius 2 is 1.85 bits per heavy atom. The molecule has 0 unspecified atom stereocenters. The van der Waals surface area contributed by atoms with Gasteiger partial charge >= 0.3 is 0 Å². The van der Waals surface area contributed by atoms with E-state index in [0.29, 0.717) is 6.04 Å². The first-order valence-corrected chi connectivity index (χ1v) is 6.97. The van der Waals surface area contributed by atoms with Crippen LogP contribution in [0.25, 0.3) is 0 Å². The van der Waals surface area contributed by atoms with Crippen LogP contribution in [-0.4, -0.2) is 31.1 Å². The minimum absolute atomic E-state index is 0. The number of nitrogens with one attached hydrogen (secondary N) is 1. The molecule has 1 aromatic carbocycles. The summed E-state index contributed by atoms with van der Waals surface area (Å²) in [7, 11) is 0. The molecule has 20 heavy (non-hydrogen) atoms. The molecular weight excluding hydrogens is 298 g/mol. The van der Waals surface area contributed by atoms with E-state index in [9.17, 15) is 4.39 Å². The standard InChI is InChI=1S/C15H21FN2.2ClH/c1-11-13(3-2-4-14(11)16)15(12-5-6-12)18-9-7-17-8-10-18;;/h2-4,12,15,17H,5-10H2,1H3;2*1H/t15-;;/m1../s1. The molecule has 5 heteroatoms. The number of benzene rings is 1. The Morgan fingerprint density at radius 1 is 1.20 bits per heavy atom.